The Hall–Kier alpha value is -1.76. The van der Waals surface area contributed by atoms with Crippen molar-refractivity contribution < 1.29 is 5.11 Å². The molecule has 0 fully saturated rings. The molecule has 0 spiro atoms. The van der Waals surface area contributed by atoms with Gasteiger partial charge in [-0.15, -0.1) is 0 Å². The van der Waals surface area contributed by atoms with Gasteiger partial charge in [0.25, 0.3) is 0 Å². The van der Waals surface area contributed by atoms with Crippen molar-refractivity contribution in [1.29, 1.82) is 0 Å². The Morgan fingerprint density at radius 3 is 2.13 bits per heavy atom. The van der Waals surface area contributed by atoms with Crippen molar-refractivity contribution in [2.75, 3.05) is 0 Å². The average Bonchev–Trinajstić information content (AvgIpc) is 2.56. The van der Waals surface area contributed by atoms with Crippen LogP contribution in [-0.2, 0) is 6.42 Å². The molecule has 2 rings (SSSR count). The fourth-order valence-corrected chi connectivity index (χ4v) is 2.87. The number of aryl methyl sites for hydroxylation is 1. The number of unbranched alkanes of at least 4 members (excludes halogenated alkanes) is 6. The van der Waals surface area contributed by atoms with E-state index >= 15 is 0 Å². The van der Waals surface area contributed by atoms with Crippen molar-refractivity contribution in [3.8, 4) is 16.9 Å². The fourth-order valence-electron chi connectivity index (χ4n) is 2.87. The summed E-state index contributed by atoms with van der Waals surface area (Å²) in [6, 6.07) is 16.1. The van der Waals surface area contributed by atoms with Gasteiger partial charge in [0.05, 0.1) is 0 Å². The fraction of sp³-hybridized carbons (Fsp3) is 0.455. The summed E-state index contributed by atoms with van der Waals surface area (Å²) < 4.78 is 0. The van der Waals surface area contributed by atoms with Gasteiger partial charge in [-0.2, -0.15) is 0 Å². The quantitative estimate of drug-likeness (QED) is 0.495. The molecule has 126 valence electrons. The molecule has 0 aliphatic rings. The Morgan fingerprint density at radius 2 is 1.43 bits per heavy atom. The van der Waals surface area contributed by atoms with Gasteiger partial charge in [0.2, 0.25) is 0 Å². The molecule has 0 radical (unpaired) electrons. The first-order valence-corrected chi connectivity index (χ1v) is 8.68. The Kier molecular flexibility index (Phi) is 9.12. The Balaban J connectivity index is 0.00000264. The van der Waals surface area contributed by atoms with Crippen LogP contribution in [-0.4, -0.2) is 5.11 Å². The standard InChI is InChI=1S/C21H28O.CH4/c1-2-3-4-5-6-7-9-12-18-15-16-21(22)20(17-18)19-13-10-8-11-14-19;/h8,10-11,13-17,22H,2-7,9,12H2,1H3;1H4. The summed E-state index contributed by atoms with van der Waals surface area (Å²) in [5.41, 5.74) is 3.35. The van der Waals surface area contributed by atoms with E-state index in [2.05, 4.69) is 19.1 Å². The number of benzene rings is 2. The van der Waals surface area contributed by atoms with Gasteiger partial charge >= 0.3 is 0 Å². The van der Waals surface area contributed by atoms with E-state index in [-0.39, 0.29) is 7.43 Å². The molecule has 0 aromatic heterocycles. The monoisotopic (exact) mass is 312 g/mol. The van der Waals surface area contributed by atoms with Crippen LogP contribution in [0.5, 0.6) is 5.75 Å². The smallest absolute Gasteiger partial charge is 0.123 e. The Labute approximate surface area is 142 Å². The van der Waals surface area contributed by atoms with Crippen LogP contribution in [0.1, 0.15) is 64.9 Å². The highest BCUT2D eigenvalue weighted by molar-refractivity contribution is 5.70. The van der Waals surface area contributed by atoms with Crippen molar-refractivity contribution in [2.45, 2.75) is 65.7 Å². The highest BCUT2D eigenvalue weighted by atomic mass is 16.3. The topological polar surface area (TPSA) is 20.2 Å². The Bertz CT molecular complexity index is 545. The molecule has 0 bridgehead atoms. The van der Waals surface area contributed by atoms with Crippen LogP contribution in [0.15, 0.2) is 48.5 Å². The first kappa shape index (κ1) is 19.3. The molecule has 1 N–H and O–H groups in total. The third kappa shape index (κ3) is 6.48. The number of hydrogen-bond acceptors (Lipinski definition) is 1. The first-order valence-electron chi connectivity index (χ1n) is 8.68. The van der Waals surface area contributed by atoms with Crippen molar-refractivity contribution in [1.82, 2.24) is 0 Å². The maximum atomic E-state index is 10.1. The van der Waals surface area contributed by atoms with E-state index in [1.807, 2.05) is 36.4 Å². The third-order valence-electron chi connectivity index (χ3n) is 4.21. The van der Waals surface area contributed by atoms with Gasteiger partial charge < -0.3 is 5.11 Å². The molecule has 0 aliphatic heterocycles. The zero-order valence-corrected chi connectivity index (χ0v) is 13.7. The lowest BCUT2D eigenvalue weighted by Gasteiger charge is -2.08. The predicted molar refractivity (Wildman–Crippen MR) is 102 cm³/mol. The van der Waals surface area contributed by atoms with Gasteiger partial charge in [-0.1, -0.05) is 89.3 Å². The SMILES string of the molecule is C.CCCCCCCCCc1ccc(O)c(-c2ccccc2)c1. The third-order valence-corrected chi connectivity index (χ3v) is 4.21. The highest BCUT2D eigenvalue weighted by Gasteiger charge is 2.05. The second-order valence-electron chi connectivity index (χ2n) is 6.09. The molecule has 0 saturated carbocycles. The summed E-state index contributed by atoms with van der Waals surface area (Å²) in [7, 11) is 0. The van der Waals surface area contributed by atoms with E-state index in [0.29, 0.717) is 5.75 Å². The second-order valence-corrected chi connectivity index (χ2v) is 6.09. The van der Waals surface area contributed by atoms with Crippen LogP contribution in [0.4, 0.5) is 0 Å². The molecule has 0 aliphatic carbocycles. The maximum absolute atomic E-state index is 10.1. The summed E-state index contributed by atoms with van der Waals surface area (Å²) in [6.07, 6.45) is 10.5. The maximum Gasteiger partial charge on any atom is 0.123 e. The zero-order chi connectivity index (χ0) is 15.6. The zero-order valence-electron chi connectivity index (χ0n) is 13.7. The van der Waals surface area contributed by atoms with E-state index < -0.39 is 0 Å². The number of aromatic hydroxyl groups is 1. The molecule has 0 atom stereocenters. The lowest BCUT2D eigenvalue weighted by Crippen LogP contribution is -1.88. The van der Waals surface area contributed by atoms with E-state index in [1.165, 1.54) is 50.5 Å². The normalized spacial score (nSPS) is 10.3. The van der Waals surface area contributed by atoms with Crippen molar-refractivity contribution in [2.24, 2.45) is 0 Å². The summed E-state index contributed by atoms with van der Waals surface area (Å²) >= 11 is 0. The Morgan fingerprint density at radius 1 is 0.783 bits per heavy atom. The molecule has 0 saturated heterocycles. The van der Waals surface area contributed by atoms with Crippen LogP contribution < -0.4 is 0 Å². The van der Waals surface area contributed by atoms with Crippen LogP contribution >= 0.6 is 0 Å². The molecule has 0 unspecified atom stereocenters. The van der Waals surface area contributed by atoms with Crippen molar-refractivity contribution in [3.63, 3.8) is 0 Å². The van der Waals surface area contributed by atoms with Crippen molar-refractivity contribution >= 4 is 0 Å². The largest absolute Gasteiger partial charge is 0.507 e. The average molecular weight is 312 g/mol. The first-order chi connectivity index (χ1) is 10.8. The van der Waals surface area contributed by atoms with Gasteiger partial charge in [0.15, 0.2) is 0 Å². The lowest BCUT2D eigenvalue weighted by molar-refractivity contribution is 0.477. The molecule has 1 nitrogen and oxygen atoms in total. The molecule has 0 heterocycles. The van der Waals surface area contributed by atoms with E-state index in [0.717, 1.165) is 17.5 Å². The molecular weight excluding hydrogens is 280 g/mol. The van der Waals surface area contributed by atoms with Gasteiger partial charge in [-0.3, -0.25) is 0 Å². The van der Waals surface area contributed by atoms with Crippen LogP contribution in [0, 0.1) is 0 Å². The molecule has 2 aromatic rings. The minimum atomic E-state index is 0. The van der Waals surface area contributed by atoms with Crippen LogP contribution in [0.3, 0.4) is 0 Å². The van der Waals surface area contributed by atoms with E-state index in [4.69, 9.17) is 0 Å². The number of phenols is 1. The summed E-state index contributed by atoms with van der Waals surface area (Å²) in [6.45, 7) is 2.26. The summed E-state index contributed by atoms with van der Waals surface area (Å²) in [5, 5.41) is 10.1. The molecule has 2 aromatic carbocycles. The minimum absolute atomic E-state index is 0. The van der Waals surface area contributed by atoms with E-state index in [1.54, 1.807) is 0 Å². The molecule has 1 heteroatoms. The van der Waals surface area contributed by atoms with E-state index in [9.17, 15) is 5.11 Å². The van der Waals surface area contributed by atoms with Gasteiger partial charge in [0, 0.05) is 5.56 Å². The number of hydrogen-bond donors (Lipinski definition) is 1. The number of phenolic OH excluding ortho intramolecular Hbond substituents is 1. The minimum Gasteiger partial charge on any atom is -0.507 e. The van der Waals surface area contributed by atoms with Gasteiger partial charge in [-0.25, -0.2) is 0 Å². The van der Waals surface area contributed by atoms with Crippen molar-refractivity contribution in [3.05, 3.63) is 54.1 Å². The van der Waals surface area contributed by atoms with Crippen LogP contribution in [0.25, 0.3) is 11.1 Å². The molecule has 0 amide bonds. The highest BCUT2D eigenvalue weighted by Crippen LogP contribution is 2.30. The molecule has 23 heavy (non-hydrogen) atoms. The summed E-state index contributed by atoms with van der Waals surface area (Å²) in [5.74, 6) is 0.370. The van der Waals surface area contributed by atoms with Gasteiger partial charge in [0.1, 0.15) is 5.75 Å². The second kappa shape index (κ2) is 10.9. The lowest BCUT2D eigenvalue weighted by atomic mass is 9.99. The van der Waals surface area contributed by atoms with Crippen LogP contribution in [0.2, 0.25) is 0 Å². The van der Waals surface area contributed by atoms with Gasteiger partial charge in [-0.05, 0) is 36.1 Å². The summed E-state index contributed by atoms with van der Waals surface area (Å²) in [4.78, 5) is 0. The number of rotatable bonds is 9. The predicted octanol–water partition coefficient (Wildman–Crippen LogP) is 6.99. The molecular formula is C22H32O.